The van der Waals surface area contributed by atoms with Gasteiger partial charge >= 0.3 is 0 Å². The molecule has 0 bridgehead atoms. The van der Waals surface area contributed by atoms with Gasteiger partial charge in [0.1, 0.15) is 11.9 Å². The highest BCUT2D eigenvalue weighted by atomic mass is 35.5. The molecule has 2 rings (SSSR count). The van der Waals surface area contributed by atoms with Crippen molar-refractivity contribution in [2.45, 2.75) is 13.0 Å². The maximum Gasteiger partial charge on any atom is 0.279 e. The number of carbonyl (C=O) groups is 1. The van der Waals surface area contributed by atoms with Crippen molar-refractivity contribution in [2.75, 3.05) is 11.9 Å². The summed E-state index contributed by atoms with van der Waals surface area (Å²) in [4.78, 5) is 11.8. The molecule has 21 heavy (non-hydrogen) atoms. The van der Waals surface area contributed by atoms with Crippen molar-refractivity contribution in [3.05, 3.63) is 64.9 Å². The van der Waals surface area contributed by atoms with E-state index in [4.69, 9.17) is 11.6 Å². The van der Waals surface area contributed by atoms with E-state index in [1.807, 2.05) is 36.5 Å². The maximum absolute atomic E-state index is 13.0. The summed E-state index contributed by atoms with van der Waals surface area (Å²) in [7, 11) is 0. The van der Waals surface area contributed by atoms with Gasteiger partial charge < -0.3 is 10.6 Å². The predicted molar refractivity (Wildman–Crippen MR) is 81.7 cm³/mol. The van der Waals surface area contributed by atoms with Gasteiger partial charge in [-0.15, -0.1) is 0 Å². The van der Waals surface area contributed by atoms with E-state index >= 15 is 0 Å². The summed E-state index contributed by atoms with van der Waals surface area (Å²) >= 11 is 5.84. The second-order valence-corrected chi connectivity index (χ2v) is 5.28. The third kappa shape index (κ3) is 4.85. The molecule has 0 fully saturated rings. The van der Waals surface area contributed by atoms with Crippen LogP contribution in [0.4, 0.5) is 10.1 Å². The zero-order chi connectivity index (χ0) is 15.2. The Morgan fingerprint density at radius 3 is 2.67 bits per heavy atom. The van der Waals surface area contributed by atoms with Crippen LogP contribution in [0.25, 0.3) is 0 Å². The van der Waals surface area contributed by atoms with E-state index in [0.29, 0.717) is 10.7 Å². The minimum Gasteiger partial charge on any atom is -0.333 e. The van der Waals surface area contributed by atoms with Gasteiger partial charge in [0, 0.05) is 16.3 Å². The lowest BCUT2D eigenvalue weighted by Crippen LogP contribution is -2.86. The Labute approximate surface area is 128 Å². The first-order chi connectivity index (χ1) is 10.0. The highest BCUT2D eigenvalue weighted by Gasteiger charge is 2.11. The quantitative estimate of drug-likeness (QED) is 0.876. The lowest BCUT2D eigenvalue weighted by atomic mass is 10.1. The van der Waals surface area contributed by atoms with E-state index in [1.54, 1.807) is 12.1 Å². The van der Waals surface area contributed by atoms with E-state index in [2.05, 4.69) is 5.32 Å². The van der Waals surface area contributed by atoms with Crippen molar-refractivity contribution < 1.29 is 14.5 Å². The fraction of sp³-hybridized carbons (Fsp3) is 0.188. The molecule has 110 valence electrons. The molecule has 3 N–H and O–H groups in total. The molecule has 0 radical (unpaired) electrons. The number of amides is 1. The number of halogens is 2. The number of nitrogens with one attached hydrogen (secondary N) is 1. The first-order valence-corrected chi connectivity index (χ1v) is 7.06. The highest BCUT2D eigenvalue weighted by Crippen LogP contribution is 2.13. The number of quaternary nitrogens is 1. The molecule has 0 spiro atoms. The van der Waals surface area contributed by atoms with Crippen molar-refractivity contribution in [1.29, 1.82) is 0 Å². The average molecular weight is 308 g/mol. The van der Waals surface area contributed by atoms with Gasteiger partial charge in [0.2, 0.25) is 0 Å². The standard InChI is InChI=1S/C16H16ClFN2O/c1-11(12-5-7-13(17)8-6-12)19-10-16(21)20-15-4-2-3-14(18)9-15/h2-9,11,19H,10H2,1H3,(H,20,21)/p+1/t11-/m1/s1. The van der Waals surface area contributed by atoms with Crippen LogP contribution in [0.2, 0.25) is 5.02 Å². The van der Waals surface area contributed by atoms with Gasteiger partial charge in [-0.1, -0.05) is 29.8 Å². The van der Waals surface area contributed by atoms with Crippen LogP contribution in [-0.2, 0) is 4.79 Å². The molecule has 0 aliphatic carbocycles. The van der Waals surface area contributed by atoms with Gasteiger partial charge in [-0.05, 0) is 37.3 Å². The second kappa shape index (κ2) is 7.20. The third-order valence-electron chi connectivity index (χ3n) is 3.16. The van der Waals surface area contributed by atoms with Crippen LogP contribution in [0, 0.1) is 5.82 Å². The number of nitrogens with two attached hydrogens (primary N) is 1. The normalized spacial score (nSPS) is 12.0. The van der Waals surface area contributed by atoms with Gasteiger partial charge in [0.25, 0.3) is 5.91 Å². The van der Waals surface area contributed by atoms with Gasteiger partial charge in [-0.3, -0.25) is 4.79 Å². The molecule has 0 aliphatic heterocycles. The van der Waals surface area contributed by atoms with Crippen LogP contribution in [0.3, 0.4) is 0 Å². The Balaban J connectivity index is 1.84. The molecule has 0 unspecified atom stereocenters. The first kappa shape index (κ1) is 15.5. The van der Waals surface area contributed by atoms with Crippen molar-refractivity contribution in [1.82, 2.24) is 0 Å². The van der Waals surface area contributed by atoms with Crippen LogP contribution in [0.15, 0.2) is 48.5 Å². The zero-order valence-electron chi connectivity index (χ0n) is 11.6. The summed E-state index contributed by atoms with van der Waals surface area (Å²) < 4.78 is 13.0. The van der Waals surface area contributed by atoms with Crippen molar-refractivity contribution in [3.8, 4) is 0 Å². The Kier molecular flexibility index (Phi) is 5.31. The molecule has 0 saturated carbocycles. The van der Waals surface area contributed by atoms with Crippen LogP contribution in [-0.4, -0.2) is 12.5 Å². The molecule has 0 aromatic heterocycles. The van der Waals surface area contributed by atoms with Crippen LogP contribution >= 0.6 is 11.6 Å². The van der Waals surface area contributed by atoms with E-state index in [-0.39, 0.29) is 24.3 Å². The topological polar surface area (TPSA) is 45.7 Å². The zero-order valence-corrected chi connectivity index (χ0v) is 12.4. The lowest BCUT2D eigenvalue weighted by molar-refractivity contribution is -0.682. The van der Waals surface area contributed by atoms with Gasteiger partial charge in [-0.2, -0.15) is 0 Å². The fourth-order valence-corrected chi connectivity index (χ4v) is 2.09. The minimum atomic E-state index is -0.369. The summed E-state index contributed by atoms with van der Waals surface area (Å²) in [5.41, 5.74) is 1.56. The number of benzene rings is 2. The van der Waals surface area contributed by atoms with Gasteiger partial charge in [0.15, 0.2) is 6.54 Å². The number of anilines is 1. The largest absolute Gasteiger partial charge is 0.333 e. The third-order valence-corrected chi connectivity index (χ3v) is 3.41. The molecule has 1 atom stereocenters. The van der Waals surface area contributed by atoms with Gasteiger partial charge in [-0.25, -0.2) is 4.39 Å². The monoisotopic (exact) mass is 307 g/mol. The fourth-order valence-electron chi connectivity index (χ4n) is 1.96. The molecule has 0 heterocycles. The minimum absolute atomic E-state index is 0.139. The van der Waals surface area contributed by atoms with E-state index in [1.165, 1.54) is 12.1 Å². The summed E-state index contributed by atoms with van der Waals surface area (Å²) in [6, 6.07) is 13.5. The molecule has 0 saturated heterocycles. The van der Waals surface area contributed by atoms with E-state index < -0.39 is 0 Å². The van der Waals surface area contributed by atoms with Crippen LogP contribution in [0.1, 0.15) is 18.5 Å². The highest BCUT2D eigenvalue weighted by molar-refractivity contribution is 6.30. The lowest BCUT2D eigenvalue weighted by Gasteiger charge is -2.11. The Bertz CT molecular complexity index is 616. The predicted octanol–water partition coefficient (Wildman–Crippen LogP) is 2.74. The van der Waals surface area contributed by atoms with Crippen LogP contribution < -0.4 is 10.6 Å². The summed E-state index contributed by atoms with van der Waals surface area (Å²) in [5.74, 6) is -0.535. The Morgan fingerprint density at radius 2 is 2.00 bits per heavy atom. The number of rotatable bonds is 5. The molecular formula is C16H17ClFN2O+. The SMILES string of the molecule is C[C@@H]([NH2+]CC(=O)Nc1cccc(F)c1)c1ccc(Cl)cc1. The van der Waals surface area contributed by atoms with Crippen molar-refractivity contribution >= 4 is 23.2 Å². The summed E-state index contributed by atoms with van der Waals surface area (Å²) in [6.07, 6.45) is 0. The van der Waals surface area contributed by atoms with Crippen LogP contribution in [0.5, 0.6) is 0 Å². The smallest absolute Gasteiger partial charge is 0.279 e. The number of hydrogen-bond acceptors (Lipinski definition) is 1. The van der Waals surface area contributed by atoms with E-state index in [9.17, 15) is 9.18 Å². The van der Waals surface area contributed by atoms with Crippen molar-refractivity contribution in [2.24, 2.45) is 0 Å². The molecule has 1 amide bonds. The molecule has 5 heteroatoms. The number of hydrogen-bond donors (Lipinski definition) is 2. The van der Waals surface area contributed by atoms with Crippen molar-refractivity contribution in [3.63, 3.8) is 0 Å². The maximum atomic E-state index is 13.0. The van der Waals surface area contributed by atoms with E-state index in [0.717, 1.165) is 5.56 Å². The second-order valence-electron chi connectivity index (χ2n) is 4.84. The molecule has 0 aliphatic rings. The first-order valence-electron chi connectivity index (χ1n) is 6.69. The molecule has 2 aromatic rings. The van der Waals surface area contributed by atoms with Gasteiger partial charge in [0.05, 0.1) is 0 Å². The summed E-state index contributed by atoms with van der Waals surface area (Å²) in [6.45, 7) is 2.28. The average Bonchev–Trinajstić information content (AvgIpc) is 2.45. The Morgan fingerprint density at radius 1 is 1.29 bits per heavy atom. The summed E-state index contributed by atoms with van der Waals surface area (Å²) in [5, 5.41) is 5.27. The Hall–Kier alpha value is -1.91. The molecule has 3 nitrogen and oxygen atoms in total. The molecule has 2 aromatic carbocycles. The number of carbonyl (C=O) groups excluding carboxylic acids is 1. The molecular weight excluding hydrogens is 291 g/mol.